The summed E-state index contributed by atoms with van der Waals surface area (Å²) in [5.41, 5.74) is 1.46. The smallest absolute Gasteiger partial charge is 0.330 e. The van der Waals surface area contributed by atoms with Crippen molar-refractivity contribution in [1.82, 2.24) is 0 Å². The second kappa shape index (κ2) is 17.4. The van der Waals surface area contributed by atoms with Crippen LogP contribution in [0.5, 0.6) is 11.5 Å². The minimum Gasteiger partial charge on any atom is -0.491 e. The van der Waals surface area contributed by atoms with Crippen molar-refractivity contribution in [2.75, 3.05) is 26.4 Å². The van der Waals surface area contributed by atoms with E-state index >= 15 is 0 Å². The summed E-state index contributed by atoms with van der Waals surface area (Å²) in [5, 5.41) is 0. The highest BCUT2D eigenvalue weighted by Gasteiger charge is 2.52. The van der Waals surface area contributed by atoms with Gasteiger partial charge in [-0.25, -0.2) is 9.59 Å². The molecule has 8 heteroatoms. The topological polar surface area (TPSA) is 89.5 Å². The fourth-order valence-electron chi connectivity index (χ4n) is 7.91. The zero-order valence-corrected chi connectivity index (χ0v) is 28.5. The molecule has 4 saturated carbocycles. The van der Waals surface area contributed by atoms with Crippen LogP contribution in [0.15, 0.2) is 43.5 Å². The van der Waals surface area contributed by atoms with Crippen LogP contribution < -0.4 is 9.47 Å². The number of ether oxygens (including phenoxy) is 6. The van der Waals surface area contributed by atoms with Crippen molar-refractivity contribution in [3.8, 4) is 11.5 Å². The molecule has 4 aliphatic rings. The summed E-state index contributed by atoms with van der Waals surface area (Å²) in [6, 6.07) is 6.38. The summed E-state index contributed by atoms with van der Waals surface area (Å²) in [6.07, 6.45) is 12.1. The third kappa shape index (κ3) is 9.60. The van der Waals surface area contributed by atoms with Gasteiger partial charge in [0.15, 0.2) is 0 Å². The number of carbonyl (C=O) groups is 2. The predicted molar refractivity (Wildman–Crippen MR) is 178 cm³/mol. The molecule has 0 heterocycles. The second-order valence-electron chi connectivity index (χ2n) is 13.5. The minimum absolute atomic E-state index is 0.148. The van der Waals surface area contributed by atoms with Crippen LogP contribution in [0.3, 0.4) is 0 Å². The first kappa shape index (κ1) is 36.0. The van der Waals surface area contributed by atoms with Crippen molar-refractivity contribution in [2.45, 2.75) is 122 Å². The average molecular weight is 641 g/mol. The van der Waals surface area contributed by atoms with Crippen molar-refractivity contribution in [2.24, 2.45) is 17.8 Å². The molecular weight excluding hydrogens is 584 g/mol. The molecule has 4 aliphatic carbocycles. The fourth-order valence-corrected chi connectivity index (χ4v) is 7.91. The Bertz CT molecular complexity index is 1130. The molecule has 8 nitrogen and oxygen atoms in total. The Kier molecular flexibility index (Phi) is 13.6. The number of benzene rings is 1. The maximum Gasteiger partial charge on any atom is 0.330 e. The molecule has 4 unspecified atom stereocenters. The standard InChI is InChI=1S/C38H56O8/c1-7-29(41-24-31(9-3)45-36(39)11-5)22-43-33-13-14-34(38-19-26-15-27(20-38)17-28(16-26)21-38)35(18-33)44-23-30(8-2)42-25-32(10-4)46-37(40)12-6/h11-14,18,26-32H,5-10,15-17,19-25H2,1-4H3. The van der Waals surface area contributed by atoms with Crippen molar-refractivity contribution in [3.63, 3.8) is 0 Å². The zero-order valence-electron chi connectivity index (χ0n) is 28.5. The summed E-state index contributed by atoms with van der Waals surface area (Å²) < 4.78 is 36.0. The molecule has 0 aliphatic heterocycles. The Balaban J connectivity index is 1.45. The maximum absolute atomic E-state index is 11.7. The summed E-state index contributed by atoms with van der Waals surface area (Å²) in [4.78, 5) is 23.4. The van der Waals surface area contributed by atoms with Gasteiger partial charge in [-0.05, 0) is 93.4 Å². The number of hydrogen-bond donors (Lipinski definition) is 0. The van der Waals surface area contributed by atoms with Crippen LogP contribution in [0, 0.1) is 17.8 Å². The zero-order chi connectivity index (χ0) is 33.1. The van der Waals surface area contributed by atoms with Crippen LogP contribution in [0.2, 0.25) is 0 Å². The van der Waals surface area contributed by atoms with E-state index in [1.165, 1.54) is 56.2 Å². The number of carbonyl (C=O) groups excluding carboxylic acids is 2. The van der Waals surface area contributed by atoms with E-state index in [9.17, 15) is 9.59 Å². The molecule has 4 fully saturated rings. The SMILES string of the molecule is C=CC(=O)OC(CC)COC(CC)COc1ccc(C23CC4CC(CC(C4)C2)C3)c(OCC(CC)OCC(CC)OC(=O)C=C)c1. The second-order valence-corrected chi connectivity index (χ2v) is 13.5. The quantitative estimate of drug-likeness (QED) is 0.101. The highest BCUT2D eigenvalue weighted by molar-refractivity contribution is 5.81. The van der Waals surface area contributed by atoms with E-state index in [1.54, 1.807) is 0 Å². The predicted octanol–water partition coefficient (Wildman–Crippen LogP) is 7.52. The Morgan fingerprint density at radius 2 is 1.17 bits per heavy atom. The number of esters is 2. The molecule has 0 N–H and O–H groups in total. The molecule has 256 valence electrons. The number of hydrogen-bond acceptors (Lipinski definition) is 8. The van der Waals surface area contributed by atoms with Gasteiger partial charge in [0.25, 0.3) is 0 Å². The summed E-state index contributed by atoms with van der Waals surface area (Å²) in [5.74, 6) is 3.18. The highest BCUT2D eigenvalue weighted by atomic mass is 16.6. The highest BCUT2D eigenvalue weighted by Crippen LogP contribution is 2.62. The van der Waals surface area contributed by atoms with Crippen molar-refractivity contribution < 1.29 is 38.0 Å². The lowest BCUT2D eigenvalue weighted by Gasteiger charge is -2.57. The van der Waals surface area contributed by atoms with E-state index in [2.05, 4.69) is 45.2 Å². The minimum atomic E-state index is -0.441. The molecule has 0 saturated heterocycles. The van der Waals surface area contributed by atoms with Crippen molar-refractivity contribution in [1.29, 1.82) is 0 Å². The van der Waals surface area contributed by atoms with Gasteiger partial charge in [0.05, 0.1) is 25.4 Å². The lowest BCUT2D eigenvalue weighted by atomic mass is 9.48. The van der Waals surface area contributed by atoms with Crippen LogP contribution in [-0.2, 0) is 34.0 Å². The van der Waals surface area contributed by atoms with Crippen molar-refractivity contribution >= 4 is 11.9 Å². The van der Waals surface area contributed by atoms with Crippen molar-refractivity contribution in [3.05, 3.63) is 49.1 Å². The molecule has 46 heavy (non-hydrogen) atoms. The van der Waals surface area contributed by atoms with Gasteiger partial charge in [0.2, 0.25) is 0 Å². The molecule has 0 aromatic heterocycles. The first-order valence-corrected chi connectivity index (χ1v) is 17.5. The number of rotatable bonds is 21. The molecule has 5 rings (SSSR count). The van der Waals surface area contributed by atoms with E-state index in [4.69, 9.17) is 28.4 Å². The summed E-state index contributed by atoms with van der Waals surface area (Å²) >= 11 is 0. The molecule has 1 aromatic carbocycles. The van der Waals surface area contributed by atoms with Gasteiger partial charge in [-0.15, -0.1) is 0 Å². The molecular formula is C38H56O8. The van der Waals surface area contributed by atoms with Gasteiger partial charge in [0.1, 0.15) is 36.9 Å². The van der Waals surface area contributed by atoms with Gasteiger partial charge >= 0.3 is 11.9 Å². The van der Waals surface area contributed by atoms with Gasteiger partial charge in [-0.1, -0.05) is 46.9 Å². The lowest BCUT2D eigenvalue weighted by molar-refractivity contribution is -0.148. The van der Waals surface area contributed by atoms with Gasteiger partial charge < -0.3 is 28.4 Å². The van der Waals surface area contributed by atoms with Crippen LogP contribution in [0.1, 0.15) is 97.5 Å². The van der Waals surface area contributed by atoms with E-state index in [1.807, 2.05) is 13.8 Å². The third-order valence-corrected chi connectivity index (χ3v) is 10.2. The fraction of sp³-hybridized carbons (Fsp3) is 0.684. The van der Waals surface area contributed by atoms with Gasteiger partial charge in [-0.3, -0.25) is 0 Å². The molecule has 0 radical (unpaired) electrons. The van der Waals surface area contributed by atoms with E-state index in [-0.39, 0.29) is 29.8 Å². The first-order chi connectivity index (χ1) is 22.2. The van der Waals surface area contributed by atoms with Crippen LogP contribution in [-0.4, -0.2) is 62.8 Å². The van der Waals surface area contributed by atoms with E-state index in [0.717, 1.165) is 42.1 Å². The third-order valence-electron chi connectivity index (χ3n) is 10.2. The lowest BCUT2D eigenvalue weighted by Crippen LogP contribution is -2.48. The normalized spacial score (nSPS) is 25.6. The molecule has 0 spiro atoms. The van der Waals surface area contributed by atoms with E-state index < -0.39 is 11.9 Å². The van der Waals surface area contributed by atoms with Gasteiger partial charge in [0, 0.05) is 23.8 Å². The van der Waals surface area contributed by atoms with Gasteiger partial charge in [-0.2, -0.15) is 0 Å². The molecule has 1 aromatic rings. The largest absolute Gasteiger partial charge is 0.491 e. The van der Waals surface area contributed by atoms with Crippen LogP contribution in [0.25, 0.3) is 0 Å². The van der Waals surface area contributed by atoms with E-state index in [0.29, 0.717) is 39.3 Å². The maximum atomic E-state index is 11.7. The Morgan fingerprint density at radius 3 is 1.61 bits per heavy atom. The molecule has 4 bridgehead atoms. The van der Waals surface area contributed by atoms with Crippen LogP contribution >= 0.6 is 0 Å². The van der Waals surface area contributed by atoms with Crippen LogP contribution in [0.4, 0.5) is 0 Å². The Morgan fingerprint density at radius 1 is 0.717 bits per heavy atom. The summed E-state index contributed by atoms with van der Waals surface area (Å²) in [6.45, 7) is 16.4. The molecule has 4 atom stereocenters. The monoisotopic (exact) mass is 640 g/mol. The first-order valence-electron chi connectivity index (χ1n) is 17.5. The Labute approximate surface area is 276 Å². The molecule has 0 amide bonds. The summed E-state index contributed by atoms with van der Waals surface area (Å²) in [7, 11) is 0. The Hall–Kier alpha value is -2.84. The average Bonchev–Trinajstić information content (AvgIpc) is 3.06.